The van der Waals surface area contributed by atoms with Crippen LogP contribution < -0.4 is 0 Å². The van der Waals surface area contributed by atoms with Crippen LogP contribution in [0.3, 0.4) is 0 Å². The Balaban J connectivity index is 1.97. The van der Waals surface area contributed by atoms with E-state index in [0.717, 1.165) is 5.56 Å². The molecule has 6 heteroatoms. The number of ketones is 1. The van der Waals surface area contributed by atoms with Gasteiger partial charge in [0.25, 0.3) is 0 Å². The largest absolute Gasteiger partial charge is 0.506 e. The van der Waals surface area contributed by atoms with Gasteiger partial charge in [0.2, 0.25) is 0 Å². The maximum atomic E-state index is 13.2. The molecule has 0 saturated heterocycles. The van der Waals surface area contributed by atoms with E-state index >= 15 is 0 Å². The zero-order chi connectivity index (χ0) is 19.3. The van der Waals surface area contributed by atoms with E-state index in [1.54, 1.807) is 31.2 Å². The first-order valence-corrected chi connectivity index (χ1v) is 8.81. The number of phenols is 1. The molecule has 0 saturated carbocycles. The first-order chi connectivity index (χ1) is 12.9. The number of hydrogen-bond donors (Lipinski definition) is 1. The average Bonchev–Trinajstić information content (AvgIpc) is 2.95. The molecule has 1 unspecified atom stereocenters. The number of allylic oxidation sites excluding steroid dienone is 1. The van der Waals surface area contributed by atoms with Crippen molar-refractivity contribution in [2.45, 2.75) is 12.8 Å². The van der Waals surface area contributed by atoms with Crippen LogP contribution in [0.15, 0.2) is 53.0 Å². The van der Waals surface area contributed by atoms with Crippen LogP contribution in [0.25, 0.3) is 5.70 Å². The normalized spacial score (nSPS) is 20.9. The van der Waals surface area contributed by atoms with Crippen LogP contribution in [-0.2, 0) is 9.53 Å². The fourth-order valence-corrected chi connectivity index (χ4v) is 4.05. The molecule has 136 valence electrons. The first-order valence-electron chi connectivity index (χ1n) is 8.43. The van der Waals surface area contributed by atoms with Crippen molar-refractivity contribution in [2.75, 3.05) is 7.11 Å². The summed E-state index contributed by atoms with van der Waals surface area (Å²) in [7, 11) is 1.31. The predicted molar refractivity (Wildman–Crippen MR) is 102 cm³/mol. The summed E-state index contributed by atoms with van der Waals surface area (Å²) in [5.74, 6) is -2.03. The molecular formula is C21H16ClNO4. The SMILES string of the molecule is COC(=O)C1C(C)=NC2=C(C(=O)c3ccccc32)[C@@H]1c1ccc(O)c(Cl)c1. The highest BCUT2D eigenvalue weighted by Gasteiger charge is 2.46. The van der Waals surface area contributed by atoms with Gasteiger partial charge in [-0.1, -0.05) is 41.9 Å². The van der Waals surface area contributed by atoms with E-state index in [4.69, 9.17) is 16.3 Å². The fraction of sp³-hybridized carbons (Fsp3) is 0.190. The maximum absolute atomic E-state index is 13.2. The molecule has 0 aromatic heterocycles. The maximum Gasteiger partial charge on any atom is 0.315 e. The Labute approximate surface area is 161 Å². The lowest BCUT2D eigenvalue weighted by Gasteiger charge is -2.30. The molecule has 1 heterocycles. The van der Waals surface area contributed by atoms with Gasteiger partial charge in [0, 0.05) is 28.3 Å². The van der Waals surface area contributed by atoms with Gasteiger partial charge in [-0.05, 0) is 24.6 Å². The Kier molecular flexibility index (Phi) is 4.12. The van der Waals surface area contributed by atoms with E-state index in [0.29, 0.717) is 28.1 Å². The van der Waals surface area contributed by atoms with Crippen LogP contribution >= 0.6 is 11.6 Å². The van der Waals surface area contributed by atoms with Gasteiger partial charge in [0.05, 0.1) is 17.8 Å². The topological polar surface area (TPSA) is 76.0 Å². The van der Waals surface area contributed by atoms with Gasteiger partial charge in [0.1, 0.15) is 11.7 Å². The highest BCUT2D eigenvalue weighted by Crippen LogP contribution is 2.48. The zero-order valence-electron chi connectivity index (χ0n) is 14.7. The first kappa shape index (κ1) is 17.5. The number of benzene rings is 2. The van der Waals surface area contributed by atoms with Gasteiger partial charge in [-0.2, -0.15) is 0 Å². The van der Waals surface area contributed by atoms with Gasteiger partial charge in [0.15, 0.2) is 5.78 Å². The summed E-state index contributed by atoms with van der Waals surface area (Å²) >= 11 is 6.10. The molecule has 2 atom stereocenters. The van der Waals surface area contributed by atoms with Crippen molar-refractivity contribution in [3.63, 3.8) is 0 Å². The lowest BCUT2D eigenvalue weighted by atomic mass is 9.75. The Hall–Kier alpha value is -2.92. The molecule has 0 radical (unpaired) electrons. The fourth-order valence-electron chi connectivity index (χ4n) is 3.86. The second-order valence-electron chi connectivity index (χ2n) is 6.58. The van der Waals surface area contributed by atoms with Gasteiger partial charge in [-0.25, -0.2) is 0 Å². The van der Waals surface area contributed by atoms with Crippen molar-refractivity contribution in [3.8, 4) is 5.75 Å². The minimum atomic E-state index is -0.743. The van der Waals surface area contributed by atoms with Crippen molar-refractivity contribution in [1.82, 2.24) is 0 Å². The Morgan fingerprint density at radius 3 is 2.56 bits per heavy atom. The summed E-state index contributed by atoms with van der Waals surface area (Å²) in [5, 5.41) is 9.92. The standard InChI is InChI=1S/C21H16ClNO4/c1-10-16(21(26)27-2)17(11-7-8-15(24)14(22)9-11)18-19(23-10)12-5-3-4-6-13(12)20(18)25/h3-9,16-17,24H,1-2H3/t16?,17-/m1/s1. The number of esters is 1. The monoisotopic (exact) mass is 381 g/mol. The Morgan fingerprint density at radius 1 is 1.19 bits per heavy atom. The molecule has 1 aliphatic carbocycles. The Morgan fingerprint density at radius 2 is 1.89 bits per heavy atom. The van der Waals surface area contributed by atoms with Crippen molar-refractivity contribution in [1.29, 1.82) is 0 Å². The number of Topliss-reactive ketones (excluding diaryl/α,β-unsaturated/α-hetero) is 1. The molecule has 1 N–H and O–H groups in total. The molecule has 2 aliphatic rings. The molecule has 0 fully saturated rings. The predicted octanol–water partition coefficient (Wildman–Crippen LogP) is 4.00. The van der Waals surface area contributed by atoms with Crippen LogP contribution in [0, 0.1) is 5.92 Å². The van der Waals surface area contributed by atoms with Crippen molar-refractivity contribution < 1.29 is 19.4 Å². The quantitative estimate of drug-likeness (QED) is 0.798. The molecule has 0 spiro atoms. The number of nitrogens with zero attached hydrogens (tertiary/aromatic N) is 1. The summed E-state index contributed by atoms with van der Waals surface area (Å²) in [6.07, 6.45) is 0. The number of fused-ring (bicyclic) bond motifs is 2. The van der Waals surface area contributed by atoms with Crippen LogP contribution in [0.1, 0.15) is 34.3 Å². The van der Waals surface area contributed by atoms with E-state index in [1.807, 2.05) is 12.1 Å². The second-order valence-corrected chi connectivity index (χ2v) is 6.99. The number of carbonyl (C=O) groups excluding carboxylic acids is 2. The number of methoxy groups -OCH3 is 1. The average molecular weight is 382 g/mol. The lowest BCUT2D eigenvalue weighted by molar-refractivity contribution is -0.143. The molecule has 27 heavy (non-hydrogen) atoms. The highest BCUT2D eigenvalue weighted by atomic mass is 35.5. The van der Waals surface area contributed by atoms with Gasteiger partial charge in [-0.3, -0.25) is 14.6 Å². The number of aliphatic imine (C=N–C) groups is 1. The summed E-state index contributed by atoms with van der Waals surface area (Å²) in [6, 6.07) is 12.0. The van der Waals surface area contributed by atoms with E-state index in [2.05, 4.69) is 4.99 Å². The van der Waals surface area contributed by atoms with Gasteiger partial charge >= 0.3 is 5.97 Å². The van der Waals surface area contributed by atoms with Crippen LogP contribution in [0.5, 0.6) is 5.75 Å². The van der Waals surface area contributed by atoms with Gasteiger partial charge in [-0.15, -0.1) is 0 Å². The molecule has 5 nitrogen and oxygen atoms in total. The van der Waals surface area contributed by atoms with Crippen LogP contribution in [0.4, 0.5) is 0 Å². The van der Waals surface area contributed by atoms with Crippen molar-refractivity contribution in [3.05, 3.63) is 69.8 Å². The molecule has 0 bridgehead atoms. The van der Waals surface area contributed by atoms with E-state index in [9.17, 15) is 14.7 Å². The van der Waals surface area contributed by atoms with Crippen LogP contribution in [-0.4, -0.2) is 29.7 Å². The second kappa shape index (κ2) is 6.35. The molecule has 1 aliphatic heterocycles. The highest BCUT2D eigenvalue weighted by molar-refractivity contribution is 6.32. The third-order valence-corrected chi connectivity index (χ3v) is 5.40. The minimum Gasteiger partial charge on any atom is -0.506 e. The lowest BCUT2D eigenvalue weighted by Crippen LogP contribution is -2.34. The summed E-state index contributed by atoms with van der Waals surface area (Å²) in [4.78, 5) is 30.3. The molecular weight excluding hydrogens is 366 g/mol. The smallest absolute Gasteiger partial charge is 0.315 e. The van der Waals surface area contributed by atoms with Crippen molar-refractivity contribution >= 4 is 34.8 Å². The molecule has 0 amide bonds. The van der Waals surface area contributed by atoms with Crippen molar-refractivity contribution in [2.24, 2.45) is 10.9 Å². The summed E-state index contributed by atoms with van der Waals surface area (Å²) < 4.78 is 4.99. The number of aromatic hydroxyl groups is 1. The van der Waals surface area contributed by atoms with E-state index in [-0.39, 0.29) is 16.6 Å². The number of rotatable bonds is 2. The van der Waals surface area contributed by atoms with Gasteiger partial charge < -0.3 is 9.84 Å². The number of halogens is 1. The van der Waals surface area contributed by atoms with Crippen LogP contribution in [0.2, 0.25) is 5.02 Å². The molecule has 2 aromatic rings. The third kappa shape index (κ3) is 2.58. The number of carbonyl (C=O) groups is 2. The van der Waals surface area contributed by atoms with E-state index < -0.39 is 17.8 Å². The number of hydrogen-bond acceptors (Lipinski definition) is 5. The Bertz CT molecular complexity index is 1050. The third-order valence-electron chi connectivity index (χ3n) is 5.10. The van der Waals surface area contributed by atoms with E-state index in [1.165, 1.54) is 13.2 Å². The summed E-state index contributed by atoms with van der Waals surface area (Å²) in [5.41, 5.74) is 3.59. The zero-order valence-corrected chi connectivity index (χ0v) is 15.4. The number of ether oxygens (including phenoxy) is 1. The summed E-state index contributed by atoms with van der Waals surface area (Å²) in [6.45, 7) is 1.76. The minimum absolute atomic E-state index is 0.0635. The molecule has 2 aromatic carbocycles. The molecule has 4 rings (SSSR count). The number of phenolic OH excluding ortho intramolecular Hbond substituents is 1.